The zero-order valence-corrected chi connectivity index (χ0v) is 12.9. The molecule has 20 heavy (non-hydrogen) atoms. The van der Waals surface area contributed by atoms with E-state index in [4.69, 9.17) is 0 Å². The molecule has 0 bridgehead atoms. The Labute approximate surface area is 121 Å². The lowest BCUT2D eigenvalue weighted by molar-refractivity contribution is 0.168. The molecule has 110 valence electrons. The van der Waals surface area contributed by atoms with Crippen LogP contribution in [0.5, 0.6) is 0 Å². The first kappa shape index (κ1) is 14.0. The van der Waals surface area contributed by atoms with Crippen molar-refractivity contribution in [2.24, 2.45) is 5.92 Å². The molecule has 1 aromatic rings. The summed E-state index contributed by atoms with van der Waals surface area (Å²) in [4.78, 5) is 2.85. The van der Waals surface area contributed by atoms with Crippen molar-refractivity contribution in [1.82, 2.24) is 10.2 Å². The quantitative estimate of drug-likeness (QED) is 0.897. The maximum Gasteiger partial charge on any atom is 0.180 e. The minimum Gasteiger partial charge on any atom is -0.306 e. The van der Waals surface area contributed by atoms with Crippen LogP contribution < -0.4 is 5.32 Å². The maximum absolute atomic E-state index is 12.2. The van der Waals surface area contributed by atoms with Crippen molar-refractivity contribution >= 4 is 9.84 Å². The van der Waals surface area contributed by atoms with E-state index in [9.17, 15) is 8.42 Å². The lowest BCUT2D eigenvalue weighted by Gasteiger charge is -2.36. The van der Waals surface area contributed by atoms with Crippen molar-refractivity contribution in [1.29, 1.82) is 0 Å². The third-order valence-electron chi connectivity index (χ3n) is 4.54. The molecule has 1 N–H and O–H groups in total. The highest BCUT2D eigenvalue weighted by Gasteiger charge is 2.36. The van der Waals surface area contributed by atoms with Crippen LogP contribution in [0.2, 0.25) is 0 Å². The Bertz CT molecular complexity index is 600. The lowest BCUT2D eigenvalue weighted by Crippen LogP contribution is -2.48. The number of fused-ring (bicyclic) bond motifs is 1. The largest absolute Gasteiger partial charge is 0.306 e. The van der Waals surface area contributed by atoms with Gasteiger partial charge >= 0.3 is 0 Å². The summed E-state index contributed by atoms with van der Waals surface area (Å²) < 4.78 is 24.4. The summed E-state index contributed by atoms with van der Waals surface area (Å²) in [6.45, 7) is 4.38. The van der Waals surface area contributed by atoms with Gasteiger partial charge in [-0.05, 0) is 37.6 Å². The van der Waals surface area contributed by atoms with Gasteiger partial charge in [-0.1, -0.05) is 25.1 Å². The molecule has 1 fully saturated rings. The molecule has 2 aliphatic rings. The van der Waals surface area contributed by atoms with E-state index in [1.807, 2.05) is 12.1 Å². The number of likely N-dealkylation sites (tertiary alicyclic amines) is 1. The van der Waals surface area contributed by atoms with E-state index in [0.717, 1.165) is 25.1 Å². The van der Waals surface area contributed by atoms with E-state index in [2.05, 4.69) is 24.2 Å². The molecule has 1 saturated heterocycles. The highest BCUT2D eigenvalue weighted by Crippen LogP contribution is 2.34. The van der Waals surface area contributed by atoms with Gasteiger partial charge in [0.2, 0.25) is 0 Å². The fourth-order valence-electron chi connectivity index (χ4n) is 3.45. The highest BCUT2D eigenvalue weighted by molar-refractivity contribution is 7.91. The van der Waals surface area contributed by atoms with Gasteiger partial charge in [-0.3, -0.25) is 0 Å². The first-order valence-electron chi connectivity index (χ1n) is 7.23. The summed E-state index contributed by atoms with van der Waals surface area (Å²) in [7, 11) is -0.966. The number of hydrogen-bond acceptors (Lipinski definition) is 4. The average Bonchev–Trinajstić information content (AvgIpc) is 2.65. The monoisotopic (exact) mass is 294 g/mol. The standard InChI is InChI=1S/C15H22N2O2S/c1-11-9-17(2)8-7-13(11)16-14-10-20(18,19)15-6-4-3-5-12(14)15/h3-6,11,13-14,16H,7-10H2,1-2H3. The van der Waals surface area contributed by atoms with Crippen LogP contribution in [0.25, 0.3) is 0 Å². The third-order valence-corrected chi connectivity index (χ3v) is 6.35. The number of nitrogens with zero attached hydrogens (tertiary/aromatic N) is 1. The second-order valence-corrected chi connectivity index (χ2v) is 8.18. The Morgan fingerprint density at radius 2 is 2.05 bits per heavy atom. The number of benzene rings is 1. The van der Waals surface area contributed by atoms with Crippen molar-refractivity contribution in [3.05, 3.63) is 29.8 Å². The maximum atomic E-state index is 12.2. The zero-order valence-electron chi connectivity index (χ0n) is 12.0. The number of hydrogen-bond donors (Lipinski definition) is 1. The number of rotatable bonds is 2. The molecule has 0 aromatic heterocycles. The molecule has 0 amide bonds. The molecule has 0 aliphatic carbocycles. The van der Waals surface area contributed by atoms with Gasteiger partial charge in [0.25, 0.3) is 0 Å². The Kier molecular flexibility index (Phi) is 3.60. The van der Waals surface area contributed by atoms with E-state index in [-0.39, 0.29) is 11.8 Å². The van der Waals surface area contributed by atoms with Gasteiger partial charge in [0.15, 0.2) is 9.84 Å². The molecule has 1 aromatic carbocycles. The van der Waals surface area contributed by atoms with Crippen LogP contribution in [0.1, 0.15) is 24.9 Å². The summed E-state index contributed by atoms with van der Waals surface area (Å²) in [5.41, 5.74) is 0.943. The van der Waals surface area contributed by atoms with Crippen molar-refractivity contribution in [3.63, 3.8) is 0 Å². The molecule has 4 nitrogen and oxygen atoms in total. The first-order chi connectivity index (χ1) is 9.47. The van der Waals surface area contributed by atoms with Crippen molar-refractivity contribution in [2.75, 3.05) is 25.9 Å². The lowest BCUT2D eigenvalue weighted by atomic mass is 9.93. The van der Waals surface area contributed by atoms with Gasteiger partial charge in [-0.25, -0.2) is 8.42 Å². The van der Waals surface area contributed by atoms with E-state index < -0.39 is 9.84 Å². The predicted octanol–water partition coefficient (Wildman–Crippen LogP) is 1.44. The molecular formula is C15H22N2O2S. The van der Waals surface area contributed by atoms with E-state index in [1.165, 1.54) is 0 Å². The molecule has 2 aliphatic heterocycles. The normalized spacial score (nSPS) is 33.0. The first-order valence-corrected chi connectivity index (χ1v) is 8.89. The average molecular weight is 294 g/mol. The smallest absolute Gasteiger partial charge is 0.180 e. The van der Waals surface area contributed by atoms with Gasteiger partial charge in [0.1, 0.15) is 0 Å². The molecule has 0 spiro atoms. The Morgan fingerprint density at radius 3 is 2.80 bits per heavy atom. The second kappa shape index (κ2) is 5.13. The minimum absolute atomic E-state index is 0.0490. The van der Waals surface area contributed by atoms with Gasteiger partial charge < -0.3 is 10.2 Å². The number of piperidine rings is 1. The minimum atomic E-state index is -3.11. The van der Waals surface area contributed by atoms with Crippen molar-refractivity contribution in [3.8, 4) is 0 Å². The van der Waals surface area contributed by atoms with Gasteiger partial charge in [-0.2, -0.15) is 0 Å². The summed E-state index contributed by atoms with van der Waals surface area (Å²) >= 11 is 0. The summed E-state index contributed by atoms with van der Waals surface area (Å²) in [6, 6.07) is 7.75. The van der Waals surface area contributed by atoms with Crippen LogP contribution in [0.4, 0.5) is 0 Å². The molecule has 3 atom stereocenters. The van der Waals surface area contributed by atoms with Crippen LogP contribution in [0.15, 0.2) is 29.2 Å². The SMILES string of the molecule is CC1CN(C)CCC1NC1CS(=O)(=O)c2ccccc21. The van der Waals surface area contributed by atoms with Gasteiger partial charge in [-0.15, -0.1) is 0 Å². The molecule has 3 rings (SSSR count). The van der Waals surface area contributed by atoms with Crippen LogP contribution in [0, 0.1) is 5.92 Å². The Balaban J connectivity index is 1.80. The predicted molar refractivity (Wildman–Crippen MR) is 79.4 cm³/mol. The van der Waals surface area contributed by atoms with Gasteiger partial charge in [0.05, 0.1) is 10.6 Å². The summed E-state index contributed by atoms with van der Waals surface area (Å²) in [5.74, 6) is 0.745. The molecule has 0 saturated carbocycles. The van der Waals surface area contributed by atoms with Crippen LogP contribution >= 0.6 is 0 Å². The Hall–Kier alpha value is -0.910. The van der Waals surface area contributed by atoms with E-state index in [0.29, 0.717) is 16.9 Å². The van der Waals surface area contributed by atoms with Crippen molar-refractivity contribution in [2.45, 2.75) is 30.3 Å². The van der Waals surface area contributed by atoms with E-state index >= 15 is 0 Å². The zero-order chi connectivity index (χ0) is 14.3. The fourth-order valence-corrected chi connectivity index (χ4v) is 5.20. The number of nitrogens with one attached hydrogen (secondary N) is 1. The van der Waals surface area contributed by atoms with E-state index in [1.54, 1.807) is 12.1 Å². The molecule has 5 heteroatoms. The Morgan fingerprint density at radius 1 is 1.30 bits per heavy atom. The molecule has 0 radical (unpaired) electrons. The van der Waals surface area contributed by atoms with Gasteiger partial charge in [0, 0.05) is 18.6 Å². The fraction of sp³-hybridized carbons (Fsp3) is 0.600. The molecular weight excluding hydrogens is 272 g/mol. The van der Waals surface area contributed by atoms with Crippen LogP contribution in [-0.4, -0.2) is 45.2 Å². The number of sulfone groups is 1. The summed E-state index contributed by atoms with van der Waals surface area (Å²) in [6.07, 6.45) is 1.08. The molecule has 2 heterocycles. The van der Waals surface area contributed by atoms with Crippen molar-refractivity contribution < 1.29 is 8.42 Å². The molecule has 3 unspecified atom stereocenters. The highest BCUT2D eigenvalue weighted by atomic mass is 32.2. The topological polar surface area (TPSA) is 49.4 Å². The second-order valence-electron chi connectivity index (χ2n) is 6.17. The summed E-state index contributed by atoms with van der Waals surface area (Å²) in [5, 5.41) is 3.59. The van der Waals surface area contributed by atoms with Crippen LogP contribution in [0.3, 0.4) is 0 Å². The van der Waals surface area contributed by atoms with Crippen LogP contribution in [-0.2, 0) is 9.84 Å². The third kappa shape index (κ3) is 2.50.